The first-order valence-electron chi connectivity index (χ1n) is 18.8. The predicted molar refractivity (Wildman–Crippen MR) is 232 cm³/mol. The van der Waals surface area contributed by atoms with Gasteiger partial charge < -0.3 is 4.74 Å². The molecule has 0 aliphatic heterocycles. The van der Waals surface area contributed by atoms with Crippen molar-refractivity contribution in [2.75, 3.05) is 7.11 Å². The SMILES string of the molecule is COc1cc2cccc3c4ccc5c6cc7c(-c8ccccc8)c8c9cccc%10cccc(c8c(-c8ccccc8)c7cc6c6ccc(c(c1)c23)c4c56)c%109. The van der Waals surface area contributed by atoms with Crippen molar-refractivity contribution in [2.24, 2.45) is 0 Å². The second kappa shape index (κ2) is 10.1. The molecule has 0 saturated carbocycles. The van der Waals surface area contributed by atoms with Crippen LogP contribution < -0.4 is 4.74 Å². The van der Waals surface area contributed by atoms with Crippen LogP contribution >= 0.6 is 0 Å². The molecule has 0 aromatic heterocycles. The Bertz CT molecular complexity index is 3530. The Labute approximate surface area is 310 Å². The molecule has 13 rings (SSSR count). The summed E-state index contributed by atoms with van der Waals surface area (Å²) in [4.78, 5) is 0. The number of fused-ring (bicyclic) bond motifs is 9. The zero-order valence-electron chi connectivity index (χ0n) is 29.5. The zero-order valence-corrected chi connectivity index (χ0v) is 29.5. The summed E-state index contributed by atoms with van der Waals surface area (Å²) in [5.41, 5.74) is 5.11. The van der Waals surface area contributed by atoms with Gasteiger partial charge in [-0.2, -0.15) is 0 Å². The number of benzene rings is 11. The molecular weight excluding hydrogens is 653 g/mol. The maximum atomic E-state index is 5.84. The first-order chi connectivity index (χ1) is 26.8. The molecule has 0 aliphatic carbocycles. The normalized spacial score (nSPS) is 12.5. The van der Waals surface area contributed by atoms with Crippen LogP contribution in [-0.4, -0.2) is 7.11 Å². The summed E-state index contributed by atoms with van der Waals surface area (Å²) < 4.78 is 5.84. The summed E-state index contributed by atoms with van der Waals surface area (Å²) in [5, 5.41) is 26.1. The third kappa shape index (κ3) is 3.45. The average Bonchev–Trinajstić information content (AvgIpc) is 3.73. The van der Waals surface area contributed by atoms with Crippen molar-refractivity contribution in [3.63, 3.8) is 0 Å². The fourth-order valence-corrected chi connectivity index (χ4v) is 10.4. The molecule has 0 fully saturated rings. The Kier molecular flexibility index (Phi) is 5.36. The molecule has 248 valence electrons. The van der Waals surface area contributed by atoms with E-state index in [1.165, 1.54) is 130 Å². The van der Waals surface area contributed by atoms with Crippen molar-refractivity contribution in [1.29, 1.82) is 0 Å². The molecule has 0 radical (unpaired) electrons. The fourth-order valence-electron chi connectivity index (χ4n) is 10.4. The average molecular weight is 683 g/mol. The van der Waals surface area contributed by atoms with Crippen LogP contribution in [0.15, 0.2) is 164 Å². The first-order valence-corrected chi connectivity index (χ1v) is 18.8. The molecular formula is C53H30O. The minimum absolute atomic E-state index is 0.892. The molecule has 13 aromatic rings. The highest BCUT2D eigenvalue weighted by Gasteiger charge is 2.26. The zero-order chi connectivity index (χ0) is 35.2. The van der Waals surface area contributed by atoms with E-state index in [0.717, 1.165) is 5.75 Å². The second-order valence-corrected chi connectivity index (χ2v) is 15.0. The summed E-state index contributed by atoms with van der Waals surface area (Å²) >= 11 is 0. The summed E-state index contributed by atoms with van der Waals surface area (Å²) in [6.45, 7) is 0. The molecule has 0 bridgehead atoms. The lowest BCUT2D eigenvalue weighted by Crippen LogP contribution is -1.89. The van der Waals surface area contributed by atoms with Crippen molar-refractivity contribution in [3.8, 4) is 28.0 Å². The van der Waals surface area contributed by atoms with Gasteiger partial charge in [-0.3, -0.25) is 0 Å². The van der Waals surface area contributed by atoms with Crippen molar-refractivity contribution in [3.05, 3.63) is 164 Å². The topological polar surface area (TPSA) is 9.23 Å². The van der Waals surface area contributed by atoms with E-state index in [1.807, 2.05) is 0 Å². The van der Waals surface area contributed by atoms with E-state index in [1.54, 1.807) is 7.11 Å². The second-order valence-electron chi connectivity index (χ2n) is 15.0. The third-order valence-corrected chi connectivity index (χ3v) is 12.5. The van der Waals surface area contributed by atoms with Crippen LogP contribution in [0, 0.1) is 0 Å². The van der Waals surface area contributed by atoms with Gasteiger partial charge in [0.05, 0.1) is 7.11 Å². The highest BCUT2D eigenvalue weighted by molar-refractivity contribution is 6.45. The number of ether oxygens (including phenoxy) is 1. The van der Waals surface area contributed by atoms with Gasteiger partial charge in [0.1, 0.15) is 5.75 Å². The Morgan fingerprint density at radius 2 is 0.722 bits per heavy atom. The van der Waals surface area contributed by atoms with Crippen LogP contribution in [0.3, 0.4) is 0 Å². The summed E-state index contributed by atoms with van der Waals surface area (Å²) in [5.74, 6) is 0.892. The van der Waals surface area contributed by atoms with Gasteiger partial charge in [-0.25, -0.2) is 0 Å². The molecule has 0 aliphatic rings. The lowest BCUT2D eigenvalue weighted by Gasteiger charge is -2.17. The molecule has 0 saturated heterocycles. The van der Waals surface area contributed by atoms with Crippen LogP contribution in [0.2, 0.25) is 0 Å². The number of hydrogen-bond acceptors (Lipinski definition) is 1. The Balaban J connectivity index is 1.29. The van der Waals surface area contributed by atoms with Gasteiger partial charge in [-0.05, 0) is 154 Å². The van der Waals surface area contributed by atoms with Crippen LogP contribution in [-0.2, 0) is 0 Å². The Hall–Kier alpha value is -6.96. The van der Waals surface area contributed by atoms with E-state index in [0.29, 0.717) is 0 Å². The van der Waals surface area contributed by atoms with Gasteiger partial charge in [0, 0.05) is 0 Å². The smallest absolute Gasteiger partial charge is 0.120 e. The van der Waals surface area contributed by atoms with Gasteiger partial charge in [0.15, 0.2) is 0 Å². The minimum Gasteiger partial charge on any atom is -0.497 e. The molecule has 0 unspecified atom stereocenters. The third-order valence-electron chi connectivity index (χ3n) is 12.5. The predicted octanol–water partition coefficient (Wildman–Crippen LogP) is 14.9. The molecule has 1 heteroatoms. The van der Waals surface area contributed by atoms with Gasteiger partial charge in [-0.1, -0.05) is 140 Å². The molecule has 54 heavy (non-hydrogen) atoms. The van der Waals surface area contributed by atoms with Gasteiger partial charge in [-0.15, -0.1) is 0 Å². The quantitative estimate of drug-likeness (QED) is 0.133. The Morgan fingerprint density at radius 3 is 1.26 bits per heavy atom. The molecule has 1 nitrogen and oxygen atoms in total. The maximum Gasteiger partial charge on any atom is 0.120 e. The molecule has 0 atom stereocenters. The molecule has 0 spiro atoms. The summed E-state index contributed by atoms with van der Waals surface area (Å²) in [6, 6.07) is 61.4. The van der Waals surface area contributed by atoms with Crippen LogP contribution in [0.1, 0.15) is 0 Å². The summed E-state index contributed by atoms with van der Waals surface area (Å²) in [6.07, 6.45) is 0. The van der Waals surface area contributed by atoms with E-state index in [4.69, 9.17) is 4.74 Å². The highest BCUT2D eigenvalue weighted by atomic mass is 16.5. The van der Waals surface area contributed by atoms with E-state index in [-0.39, 0.29) is 0 Å². The van der Waals surface area contributed by atoms with Crippen LogP contribution in [0.5, 0.6) is 5.75 Å². The lowest BCUT2D eigenvalue weighted by molar-refractivity contribution is 0.416. The van der Waals surface area contributed by atoms with E-state index in [9.17, 15) is 0 Å². The van der Waals surface area contributed by atoms with Crippen molar-refractivity contribution >= 4 is 108 Å². The molecule has 0 amide bonds. The lowest BCUT2D eigenvalue weighted by atomic mass is 9.85. The minimum atomic E-state index is 0.892. The molecule has 13 aromatic carbocycles. The van der Waals surface area contributed by atoms with Gasteiger partial charge in [0.25, 0.3) is 0 Å². The van der Waals surface area contributed by atoms with E-state index in [2.05, 4.69) is 164 Å². The van der Waals surface area contributed by atoms with Crippen molar-refractivity contribution < 1.29 is 4.74 Å². The Morgan fingerprint density at radius 1 is 0.278 bits per heavy atom. The van der Waals surface area contributed by atoms with E-state index >= 15 is 0 Å². The first kappa shape index (κ1) is 28.6. The highest BCUT2D eigenvalue weighted by Crippen LogP contribution is 2.54. The van der Waals surface area contributed by atoms with E-state index < -0.39 is 0 Å². The summed E-state index contributed by atoms with van der Waals surface area (Å²) in [7, 11) is 1.77. The number of hydrogen-bond donors (Lipinski definition) is 0. The molecule has 0 heterocycles. The number of methoxy groups -OCH3 is 1. The monoisotopic (exact) mass is 682 g/mol. The fraction of sp³-hybridized carbons (Fsp3) is 0.0189. The van der Waals surface area contributed by atoms with Crippen LogP contribution in [0.25, 0.3) is 130 Å². The largest absolute Gasteiger partial charge is 0.497 e. The molecule has 0 N–H and O–H groups in total. The van der Waals surface area contributed by atoms with Gasteiger partial charge >= 0.3 is 0 Å². The van der Waals surface area contributed by atoms with Crippen molar-refractivity contribution in [1.82, 2.24) is 0 Å². The number of rotatable bonds is 3. The van der Waals surface area contributed by atoms with Gasteiger partial charge in [0.2, 0.25) is 0 Å². The maximum absolute atomic E-state index is 5.84. The van der Waals surface area contributed by atoms with Crippen LogP contribution in [0.4, 0.5) is 0 Å². The van der Waals surface area contributed by atoms with Crippen molar-refractivity contribution in [2.45, 2.75) is 0 Å². The standard InChI is InChI=1S/C53H30O/c1-54-33-25-32-17-10-18-34-35-21-22-36-41-27-44-45(28-42(41)37-23-24-38(50(35)51(36)37)43(26-33)47(32)34)49(31-13-6-3-7-14-31)53-40-20-9-16-29-15-8-19-39(46(29)40)52(53)48(44)30-11-4-2-5-12-30/h2-28H,1H3.